The molecule has 0 bridgehead atoms. The van der Waals surface area contributed by atoms with Crippen LogP contribution in [0.2, 0.25) is 0 Å². The number of rotatable bonds is 9. The molecule has 0 fully saturated rings. The Morgan fingerprint density at radius 1 is 1.17 bits per heavy atom. The van der Waals surface area contributed by atoms with Crippen LogP contribution in [0.4, 0.5) is 0 Å². The van der Waals surface area contributed by atoms with Gasteiger partial charge in [-0.05, 0) is 51.4 Å². The Balaban J connectivity index is 2.02. The lowest BCUT2D eigenvalue weighted by Gasteiger charge is -2.31. The summed E-state index contributed by atoms with van der Waals surface area (Å²) in [5, 5.41) is 11.6. The Bertz CT molecular complexity index is 776. The van der Waals surface area contributed by atoms with Crippen LogP contribution in [0.1, 0.15) is 49.3 Å². The zero-order valence-corrected chi connectivity index (χ0v) is 19.2. The Morgan fingerprint density at radius 2 is 1.83 bits per heavy atom. The number of hydrogen-bond acceptors (Lipinski definition) is 3. The van der Waals surface area contributed by atoms with E-state index >= 15 is 0 Å². The van der Waals surface area contributed by atoms with Gasteiger partial charge in [0, 0.05) is 32.4 Å². The van der Waals surface area contributed by atoms with Gasteiger partial charge in [0.15, 0.2) is 5.96 Å². The summed E-state index contributed by atoms with van der Waals surface area (Å²) in [6.07, 6.45) is 0.921. The first kappa shape index (κ1) is 22.9. The van der Waals surface area contributed by atoms with E-state index in [4.69, 9.17) is 0 Å². The number of benzene rings is 1. The molecule has 2 atom stereocenters. The molecule has 0 aliphatic carbocycles. The highest BCUT2D eigenvalue weighted by molar-refractivity contribution is 5.80. The maximum atomic E-state index is 4.53. The lowest BCUT2D eigenvalue weighted by atomic mass is 10.0. The van der Waals surface area contributed by atoms with Crippen molar-refractivity contribution >= 4 is 5.96 Å². The lowest BCUT2D eigenvalue weighted by Crippen LogP contribution is -2.46. The highest BCUT2D eigenvalue weighted by atomic mass is 15.3. The normalized spacial score (nSPS) is 14.1. The van der Waals surface area contributed by atoms with Gasteiger partial charge in [0.1, 0.15) is 0 Å². The number of hydrogen-bond donors (Lipinski definition) is 2. The Morgan fingerprint density at radius 3 is 2.34 bits per heavy atom. The standard InChI is InChI=1S/C23H38N6/c1-8-29(9-2)22(20-13-11-10-12-14-20)16-25-23(24-6)26-17(3)15-21-18(4)27-28(7)19(21)5/h10-14,17,22H,8-9,15-16H2,1-7H3,(H2,24,25,26). The lowest BCUT2D eigenvalue weighted by molar-refractivity contribution is 0.219. The van der Waals surface area contributed by atoms with E-state index in [9.17, 15) is 0 Å². The summed E-state index contributed by atoms with van der Waals surface area (Å²) >= 11 is 0. The highest BCUT2D eigenvalue weighted by Gasteiger charge is 2.19. The molecule has 0 saturated carbocycles. The van der Waals surface area contributed by atoms with Gasteiger partial charge >= 0.3 is 0 Å². The van der Waals surface area contributed by atoms with Crippen LogP contribution in [0.25, 0.3) is 0 Å². The number of aryl methyl sites for hydroxylation is 2. The van der Waals surface area contributed by atoms with Crippen LogP contribution in [-0.4, -0.2) is 53.4 Å². The maximum Gasteiger partial charge on any atom is 0.191 e. The fraction of sp³-hybridized carbons (Fsp3) is 0.565. The van der Waals surface area contributed by atoms with Crippen LogP contribution >= 0.6 is 0 Å². The second-order valence-corrected chi connectivity index (χ2v) is 7.62. The molecule has 1 aromatic heterocycles. The molecule has 0 aliphatic rings. The fourth-order valence-electron chi connectivity index (χ4n) is 3.89. The molecular weight excluding hydrogens is 360 g/mol. The molecule has 0 aliphatic heterocycles. The first-order chi connectivity index (χ1) is 13.9. The predicted octanol–water partition coefficient (Wildman–Crippen LogP) is 3.22. The van der Waals surface area contributed by atoms with Gasteiger partial charge < -0.3 is 10.6 Å². The summed E-state index contributed by atoms with van der Waals surface area (Å²) < 4.78 is 1.96. The summed E-state index contributed by atoms with van der Waals surface area (Å²) in [6, 6.07) is 11.3. The second-order valence-electron chi connectivity index (χ2n) is 7.62. The molecule has 0 saturated heterocycles. The van der Waals surface area contributed by atoms with Gasteiger partial charge in [0.25, 0.3) is 0 Å². The predicted molar refractivity (Wildman–Crippen MR) is 122 cm³/mol. The third-order valence-electron chi connectivity index (χ3n) is 5.68. The zero-order valence-electron chi connectivity index (χ0n) is 19.2. The van der Waals surface area contributed by atoms with Crippen molar-refractivity contribution < 1.29 is 0 Å². The van der Waals surface area contributed by atoms with E-state index in [2.05, 4.69) is 90.6 Å². The molecular formula is C23H38N6. The van der Waals surface area contributed by atoms with Crippen molar-refractivity contribution in [3.8, 4) is 0 Å². The summed E-state index contributed by atoms with van der Waals surface area (Å²) in [6.45, 7) is 13.7. The average molecular weight is 399 g/mol. The van der Waals surface area contributed by atoms with Crippen molar-refractivity contribution in [3.05, 3.63) is 52.8 Å². The summed E-state index contributed by atoms with van der Waals surface area (Å²) in [4.78, 5) is 6.93. The molecule has 2 N–H and O–H groups in total. The van der Waals surface area contributed by atoms with Crippen LogP contribution in [0.5, 0.6) is 0 Å². The van der Waals surface area contributed by atoms with E-state index in [1.54, 1.807) is 0 Å². The number of guanidine groups is 1. The molecule has 0 amide bonds. The van der Waals surface area contributed by atoms with Crippen LogP contribution in [0.15, 0.2) is 35.3 Å². The first-order valence-electron chi connectivity index (χ1n) is 10.7. The minimum absolute atomic E-state index is 0.256. The van der Waals surface area contributed by atoms with Gasteiger partial charge in [-0.3, -0.25) is 14.6 Å². The van der Waals surface area contributed by atoms with Crippen LogP contribution in [0, 0.1) is 13.8 Å². The topological polar surface area (TPSA) is 57.5 Å². The van der Waals surface area contributed by atoms with Gasteiger partial charge in [0.2, 0.25) is 0 Å². The van der Waals surface area contributed by atoms with Gasteiger partial charge in [0.05, 0.1) is 11.7 Å². The number of aliphatic imine (C=N–C) groups is 1. The van der Waals surface area contributed by atoms with E-state index in [-0.39, 0.29) is 6.04 Å². The largest absolute Gasteiger partial charge is 0.354 e. The average Bonchev–Trinajstić information content (AvgIpc) is 2.96. The van der Waals surface area contributed by atoms with Crippen molar-refractivity contribution in [2.24, 2.45) is 12.0 Å². The number of nitrogens with one attached hydrogen (secondary N) is 2. The molecule has 2 unspecified atom stereocenters. The molecule has 0 spiro atoms. The van der Waals surface area contributed by atoms with Crippen LogP contribution < -0.4 is 10.6 Å². The van der Waals surface area contributed by atoms with Gasteiger partial charge in [-0.15, -0.1) is 0 Å². The molecule has 29 heavy (non-hydrogen) atoms. The summed E-state index contributed by atoms with van der Waals surface area (Å²) in [5.74, 6) is 0.838. The summed E-state index contributed by atoms with van der Waals surface area (Å²) in [5.41, 5.74) is 4.97. The third kappa shape index (κ3) is 6.07. The van der Waals surface area contributed by atoms with Crippen molar-refractivity contribution in [1.82, 2.24) is 25.3 Å². The molecule has 1 aromatic carbocycles. The smallest absolute Gasteiger partial charge is 0.191 e. The van der Waals surface area contributed by atoms with Crippen molar-refractivity contribution in [3.63, 3.8) is 0 Å². The Labute approximate surface area is 176 Å². The molecule has 6 nitrogen and oxygen atoms in total. The quantitative estimate of drug-likeness (QED) is 0.503. The number of likely N-dealkylation sites (N-methyl/N-ethyl adjacent to an activating group) is 1. The van der Waals surface area contributed by atoms with E-state index in [0.717, 1.165) is 37.7 Å². The minimum Gasteiger partial charge on any atom is -0.354 e. The monoisotopic (exact) mass is 398 g/mol. The zero-order chi connectivity index (χ0) is 21.4. The first-order valence-corrected chi connectivity index (χ1v) is 10.7. The summed E-state index contributed by atoms with van der Waals surface area (Å²) in [7, 11) is 3.83. The molecule has 2 rings (SSSR count). The van der Waals surface area contributed by atoms with E-state index in [1.807, 2.05) is 18.8 Å². The van der Waals surface area contributed by atoms with E-state index in [1.165, 1.54) is 16.8 Å². The SMILES string of the molecule is CCN(CC)C(CNC(=NC)NC(C)Cc1c(C)nn(C)c1C)c1ccccc1. The molecule has 0 radical (unpaired) electrons. The van der Waals surface area contributed by atoms with Gasteiger partial charge in [-0.2, -0.15) is 5.10 Å². The second kappa shape index (κ2) is 11.0. The van der Waals surface area contributed by atoms with Gasteiger partial charge in [-0.1, -0.05) is 44.2 Å². The molecule has 6 heteroatoms. The van der Waals surface area contributed by atoms with Gasteiger partial charge in [-0.25, -0.2) is 0 Å². The van der Waals surface area contributed by atoms with Crippen molar-refractivity contribution in [2.45, 2.75) is 53.1 Å². The van der Waals surface area contributed by atoms with Crippen LogP contribution in [-0.2, 0) is 13.5 Å². The number of aromatic nitrogens is 2. The molecule has 2 aromatic rings. The minimum atomic E-state index is 0.256. The molecule has 160 valence electrons. The Kier molecular flexibility index (Phi) is 8.70. The highest BCUT2D eigenvalue weighted by Crippen LogP contribution is 2.19. The fourth-order valence-corrected chi connectivity index (χ4v) is 3.89. The number of nitrogens with zero attached hydrogens (tertiary/aromatic N) is 4. The van der Waals surface area contributed by atoms with Crippen LogP contribution in [0.3, 0.4) is 0 Å². The molecule has 1 heterocycles. The van der Waals surface area contributed by atoms with E-state index in [0.29, 0.717) is 6.04 Å². The van der Waals surface area contributed by atoms with Crippen molar-refractivity contribution in [2.75, 3.05) is 26.7 Å². The third-order valence-corrected chi connectivity index (χ3v) is 5.68. The Hall–Kier alpha value is -2.34. The van der Waals surface area contributed by atoms with Crippen molar-refractivity contribution in [1.29, 1.82) is 0 Å². The van der Waals surface area contributed by atoms with E-state index < -0.39 is 0 Å². The maximum absolute atomic E-state index is 4.53.